The van der Waals surface area contributed by atoms with Crippen LogP contribution in [0.5, 0.6) is 0 Å². The quantitative estimate of drug-likeness (QED) is 0.797. The number of hydrogen-bond acceptors (Lipinski definition) is 4. The Morgan fingerprint density at radius 2 is 1.85 bits per heavy atom. The van der Waals surface area contributed by atoms with Crippen LogP contribution in [0, 0.1) is 12.8 Å². The first kappa shape index (κ1) is 17.8. The van der Waals surface area contributed by atoms with Crippen molar-refractivity contribution >= 4 is 11.9 Å². The van der Waals surface area contributed by atoms with Crippen LogP contribution in [-0.4, -0.2) is 35.5 Å². The third kappa shape index (κ3) is 3.62. The molecule has 1 aromatic carbocycles. The number of urea groups is 1. The molecule has 2 aliphatic rings. The number of nitrogens with one attached hydrogen (secondary N) is 2. The van der Waals surface area contributed by atoms with Crippen molar-refractivity contribution in [3.05, 3.63) is 59.5 Å². The summed E-state index contributed by atoms with van der Waals surface area (Å²) in [4.78, 5) is 27.1. The summed E-state index contributed by atoms with van der Waals surface area (Å²) in [5.74, 6) is 1.80. The zero-order valence-electron chi connectivity index (χ0n) is 15.5. The number of likely N-dealkylation sites (tertiary alicyclic amines) is 1. The van der Waals surface area contributed by atoms with E-state index in [2.05, 4.69) is 15.5 Å². The van der Waals surface area contributed by atoms with E-state index in [1.165, 1.54) is 0 Å². The van der Waals surface area contributed by atoms with Gasteiger partial charge in [0, 0.05) is 6.42 Å². The number of carbonyl (C=O) groups is 2. The molecule has 6 nitrogen and oxygen atoms in total. The number of aryl methyl sites for hydroxylation is 1. The third-order valence-corrected chi connectivity index (χ3v) is 5.75. The van der Waals surface area contributed by atoms with E-state index in [0.29, 0.717) is 6.42 Å². The van der Waals surface area contributed by atoms with Gasteiger partial charge in [0.05, 0.1) is 6.54 Å². The van der Waals surface area contributed by atoms with Gasteiger partial charge in [-0.25, -0.2) is 4.79 Å². The molecule has 0 saturated carbocycles. The topological polar surface area (TPSA) is 74.6 Å². The molecule has 1 unspecified atom stereocenters. The SMILES string of the molecule is Cc1ccc(CN2CCC(C3(Cc4ccccc4)NC(=O)NC3=O)CC2)o1. The van der Waals surface area contributed by atoms with E-state index in [0.717, 1.165) is 49.6 Å². The molecule has 1 aromatic heterocycles. The zero-order chi connectivity index (χ0) is 18.9. The minimum Gasteiger partial charge on any atom is -0.465 e. The Hall–Kier alpha value is -2.60. The maximum absolute atomic E-state index is 12.8. The van der Waals surface area contributed by atoms with Crippen LogP contribution in [0.15, 0.2) is 46.9 Å². The van der Waals surface area contributed by atoms with E-state index in [1.54, 1.807) is 0 Å². The van der Waals surface area contributed by atoms with Crippen LogP contribution in [0.4, 0.5) is 4.79 Å². The number of furan rings is 1. The van der Waals surface area contributed by atoms with Crippen molar-refractivity contribution in [1.29, 1.82) is 0 Å². The number of benzene rings is 1. The summed E-state index contributed by atoms with van der Waals surface area (Å²) in [6.07, 6.45) is 2.24. The number of hydrogen-bond donors (Lipinski definition) is 2. The first-order chi connectivity index (χ1) is 13.0. The molecule has 3 amide bonds. The Labute approximate surface area is 158 Å². The van der Waals surface area contributed by atoms with Gasteiger partial charge in [-0.3, -0.25) is 15.0 Å². The van der Waals surface area contributed by atoms with Gasteiger partial charge in [-0.15, -0.1) is 0 Å². The molecule has 2 N–H and O–H groups in total. The molecule has 3 heterocycles. The van der Waals surface area contributed by atoms with E-state index in [9.17, 15) is 9.59 Å². The van der Waals surface area contributed by atoms with Gasteiger partial charge in [-0.1, -0.05) is 30.3 Å². The highest BCUT2D eigenvalue weighted by molar-refractivity contribution is 6.07. The average Bonchev–Trinajstić information content (AvgIpc) is 3.19. The van der Waals surface area contributed by atoms with Crippen molar-refractivity contribution in [1.82, 2.24) is 15.5 Å². The van der Waals surface area contributed by atoms with Gasteiger partial charge < -0.3 is 9.73 Å². The van der Waals surface area contributed by atoms with Crippen LogP contribution in [0.1, 0.15) is 29.9 Å². The number of piperidine rings is 1. The molecule has 2 saturated heterocycles. The highest BCUT2D eigenvalue weighted by atomic mass is 16.3. The lowest BCUT2D eigenvalue weighted by atomic mass is 9.74. The molecule has 142 valence electrons. The first-order valence-corrected chi connectivity index (χ1v) is 9.50. The fourth-order valence-electron chi connectivity index (χ4n) is 4.35. The molecule has 6 heteroatoms. The molecule has 2 aliphatic heterocycles. The van der Waals surface area contributed by atoms with Gasteiger partial charge in [-0.2, -0.15) is 0 Å². The van der Waals surface area contributed by atoms with Crippen LogP contribution < -0.4 is 10.6 Å². The van der Waals surface area contributed by atoms with Crippen molar-refractivity contribution in [2.75, 3.05) is 13.1 Å². The van der Waals surface area contributed by atoms with Gasteiger partial charge >= 0.3 is 6.03 Å². The van der Waals surface area contributed by atoms with E-state index in [1.807, 2.05) is 49.4 Å². The van der Waals surface area contributed by atoms with Crippen molar-refractivity contribution < 1.29 is 14.0 Å². The second-order valence-electron chi connectivity index (χ2n) is 7.60. The lowest BCUT2D eigenvalue weighted by Gasteiger charge is -2.40. The summed E-state index contributed by atoms with van der Waals surface area (Å²) < 4.78 is 5.68. The predicted molar refractivity (Wildman–Crippen MR) is 101 cm³/mol. The lowest BCUT2D eigenvalue weighted by molar-refractivity contribution is -0.126. The summed E-state index contributed by atoms with van der Waals surface area (Å²) >= 11 is 0. The molecule has 1 atom stereocenters. The van der Waals surface area contributed by atoms with Crippen LogP contribution >= 0.6 is 0 Å². The van der Waals surface area contributed by atoms with Gasteiger partial charge in [-0.05, 0) is 56.5 Å². The third-order valence-electron chi connectivity index (χ3n) is 5.75. The Balaban J connectivity index is 1.47. The number of carbonyl (C=O) groups excluding carboxylic acids is 2. The van der Waals surface area contributed by atoms with Crippen LogP contribution in [0.2, 0.25) is 0 Å². The minimum absolute atomic E-state index is 0.110. The van der Waals surface area contributed by atoms with Crippen LogP contribution in [0.25, 0.3) is 0 Å². The molecular weight excluding hydrogens is 342 g/mol. The monoisotopic (exact) mass is 367 g/mol. The highest BCUT2D eigenvalue weighted by Gasteiger charge is 2.52. The van der Waals surface area contributed by atoms with Gasteiger partial charge in [0.15, 0.2) is 0 Å². The smallest absolute Gasteiger partial charge is 0.322 e. The van der Waals surface area contributed by atoms with E-state index in [-0.39, 0.29) is 17.9 Å². The summed E-state index contributed by atoms with van der Waals surface area (Å²) in [5, 5.41) is 5.43. The van der Waals surface area contributed by atoms with E-state index in [4.69, 9.17) is 4.42 Å². The predicted octanol–water partition coefficient (Wildman–Crippen LogP) is 2.62. The van der Waals surface area contributed by atoms with Crippen molar-refractivity contribution in [2.24, 2.45) is 5.92 Å². The number of imide groups is 1. The summed E-state index contributed by atoms with van der Waals surface area (Å²) in [7, 11) is 0. The largest absolute Gasteiger partial charge is 0.465 e. The second-order valence-corrected chi connectivity index (χ2v) is 7.60. The molecule has 2 fully saturated rings. The lowest BCUT2D eigenvalue weighted by Crippen LogP contribution is -2.57. The Morgan fingerprint density at radius 3 is 2.44 bits per heavy atom. The molecule has 0 radical (unpaired) electrons. The normalized spacial score (nSPS) is 24.0. The molecule has 2 aromatic rings. The standard InChI is InChI=1S/C21H25N3O3/c1-15-7-8-18(27-15)14-24-11-9-17(10-12-24)21(19(25)22-20(26)23-21)13-16-5-3-2-4-6-16/h2-8,17H,9-14H2,1H3,(H2,22,23,25,26). The molecule has 27 heavy (non-hydrogen) atoms. The van der Waals surface area contributed by atoms with E-state index >= 15 is 0 Å². The van der Waals surface area contributed by atoms with E-state index < -0.39 is 5.54 Å². The van der Waals surface area contributed by atoms with Crippen LogP contribution in [-0.2, 0) is 17.8 Å². The molecule has 0 bridgehead atoms. The van der Waals surface area contributed by atoms with Crippen molar-refractivity contribution in [2.45, 2.75) is 38.3 Å². The van der Waals surface area contributed by atoms with Gasteiger partial charge in [0.2, 0.25) is 0 Å². The van der Waals surface area contributed by atoms with Crippen LogP contribution in [0.3, 0.4) is 0 Å². The number of amides is 3. The Kier molecular flexibility index (Phi) is 4.74. The summed E-state index contributed by atoms with van der Waals surface area (Å²) in [6, 6.07) is 13.5. The van der Waals surface area contributed by atoms with Gasteiger partial charge in [0.25, 0.3) is 5.91 Å². The fourth-order valence-corrected chi connectivity index (χ4v) is 4.35. The van der Waals surface area contributed by atoms with Crippen molar-refractivity contribution in [3.63, 3.8) is 0 Å². The van der Waals surface area contributed by atoms with Gasteiger partial charge in [0.1, 0.15) is 17.1 Å². The Bertz CT molecular complexity index is 824. The maximum atomic E-state index is 12.8. The maximum Gasteiger partial charge on any atom is 0.322 e. The summed E-state index contributed by atoms with van der Waals surface area (Å²) in [6.45, 7) is 4.49. The number of nitrogens with zero attached hydrogens (tertiary/aromatic N) is 1. The minimum atomic E-state index is -0.855. The molecular formula is C21H25N3O3. The highest BCUT2D eigenvalue weighted by Crippen LogP contribution is 2.34. The Morgan fingerprint density at radius 1 is 1.11 bits per heavy atom. The molecule has 0 aliphatic carbocycles. The average molecular weight is 367 g/mol. The zero-order valence-corrected chi connectivity index (χ0v) is 15.5. The fraction of sp³-hybridized carbons (Fsp3) is 0.429. The molecule has 0 spiro atoms. The molecule has 4 rings (SSSR count). The van der Waals surface area contributed by atoms with Crippen molar-refractivity contribution in [3.8, 4) is 0 Å². The second kappa shape index (κ2) is 7.19. The number of rotatable bonds is 5. The first-order valence-electron chi connectivity index (χ1n) is 9.50. The summed E-state index contributed by atoms with van der Waals surface area (Å²) in [5.41, 5.74) is 0.203.